The third-order valence-corrected chi connectivity index (χ3v) is 12.2. The van der Waals surface area contributed by atoms with Crippen LogP contribution in [0, 0.1) is 32.1 Å². The number of amides is 3. The standard InChI is InChI=1S/C43H63N5O5/c1-12-42(10,13-2)33-18-16-26(5)32(37(33)50)22-30-17-19-34(36(28(30)7)43(11,14-3)15-4)53-40(52)46-31-21-29(23-41(8,9)24-31)25-44-39(51)48-38-45-27(6)20-35(49)47-38/h16-20,29,31,50H,12-15,21-25H2,1-11H3,(H,46,52)(H3,44,45,47,48,49,51). The molecule has 0 saturated heterocycles. The minimum atomic E-state index is -0.491. The number of hydrogen-bond acceptors (Lipinski definition) is 6. The lowest BCUT2D eigenvalue weighted by atomic mass is 9.70. The molecule has 1 aromatic heterocycles. The summed E-state index contributed by atoms with van der Waals surface area (Å²) in [6, 6.07) is 8.93. The SMILES string of the molecule is CCC(C)(CC)c1ccc(C)c(Cc2ccc(OC(=O)NC3CC(CNC(=O)Nc4nc(C)cc(=O)[nH]4)CC(C)(C)C3)c(C(C)(CC)CC)c2C)c1O. The molecule has 10 heteroatoms. The molecule has 0 spiro atoms. The van der Waals surface area contributed by atoms with Crippen LogP contribution < -0.4 is 26.2 Å². The highest BCUT2D eigenvalue weighted by atomic mass is 16.6. The first-order chi connectivity index (χ1) is 24.9. The maximum Gasteiger partial charge on any atom is 0.412 e. The summed E-state index contributed by atoms with van der Waals surface area (Å²) >= 11 is 0. The summed E-state index contributed by atoms with van der Waals surface area (Å²) in [5.74, 6) is 1.15. The van der Waals surface area contributed by atoms with Crippen molar-refractivity contribution in [1.29, 1.82) is 0 Å². The number of carbonyl (C=O) groups is 2. The third-order valence-electron chi connectivity index (χ3n) is 12.2. The highest BCUT2D eigenvalue weighted by molar-refractivity contribution is 5.87. The second-order valence-corrected chi connectivity index (χ2v) is 16.7. The van der Waals surface area contributed by atoms with E-state index in [0.717, 1.165) is 71.9 Å². The average Bonchev–Trinajstić information content (AvgIpc) is 3.08. The Morgan fingerprint density at radius 3 is 2.26 bits per heavy atom. The van der Waals surface area contributed by atoms with Crippen molar-refractivity contribution in [2.24, 2.45) is 11.3 Å². The molecule has 1 heterocycles. The van der Waals surface area contributed by atoms with Crippen LogP contribution >= 0.6 is 0 Å². The van der Waals surface area contributed by atoms with E-state index in [4.69, 9.17) is 4.74 Å². The number of aromatic nitrogens is 2. The van der Waals surface area contributed by atoms with Crippen molar-refractivity contribution in [3.05, 3.63) is 79.8 Å². The average molecular weight is 730 g/mol. The molecule has 1 fully saturated rings. The largest absolute Gasteiger partial charge is 0.507 e. The van der Waals surface area contributed by atoms with Crippen LogP contribution in [0.25, 0.3) is 0 Å². The summed E-state index contributed by atoms with van der Waals surface area (Å²) in [5.41, 5.74) is 5.95. The van der Waals surface area contributed by atoms with Crippen LogP contribution in [0.2, 0.25) is 0 Å². The minimum absolute atomic E-state index is 0.0680. The number of phenols is 1. The Morgan fingerprint density at radius 2 is 1.64 bits per heavy atom. The van der Waals surface area contributed by atoms with E-state index in [2.05, 4.69) is 107 Å². The van der Waals surface area contributed by atoms with Crippen LogP contribution in [-0.2, 0) is 17.3 Å². The minimum Gasteiger partial charge on any atom is -0.507 e. The number of rotatable bonds is 13. The van der Waals surface area contributed by atoms with Gasteiger partial charge in [0.15, 0.2) is 0 Å². The lowest BCUT2D eigenvalue weighted by Crippen LogP contribution is -2.47. The van der Waals surface area contributed by atoms with Crippen molar-refractivity contribution in [3.8, 4) is 11.5 Å². The summed E-state index contributed by atoms with van der Waals surface area (Å²) in [6.45, 7) is 23.8. The molecule has 4 rings (SSSR count). The van der Waals surface area contributed by atoms with E-state index in [1.807, 2.05) is 12.1 Å². The number of anilines is 1. The van der Waals surface area contributed by atoms with Gasteiger partial charge in [-0.05, 0) is 111 Å². The number of aromatic hydroxyl groups is 1. The predicted molar refractivity (Wildman–Crippen MR) is 213 cm³/mol. The first-order valence-electron chi connectivity index (χ1n) is 19.4. The van der Waals surface area contributed by atoms with Crippen LogP contribution in [0.3, 0.4) is 0 Å². The molecule has 1 aliphatic carbocycles. The van der Waals surface area contributed by atoms with Crippen LogP contribution in [0.15, 0.2) is 35.1 Å². The zero-order valence-electron chi connectivity index (χ0n) is 33.9. The Morgan fingerprint density at radius 1 is 0.981 bits per heavy atom. The van der Waals surface area contributed by atoms with Crippen molar-refractivity contribution in [2.45, 2.75) is 144 Å². The van der Waals surface area contributed by atoms with Gasteiger partial charge < -0.3 is 20.5 Å². The molecule has 1 aliphatic rings. The first-order valence-corrected chi connectivity index (χ1v) is 19.4. The normalized spacial score (nSPS) is 17.3. The zero-order chi connectivity index (χ0) is 39.3. The molecule has 0 bridgehead atoms. The van der Waals surface area contributed by atoms with Crippen molar-refractivity contribution >= 4 is 18.1 Å². The summed E-state index contributed by atoms with van der Waals surface area (Å²) in [4.78, 5) is 44.7. The first kappa shape index (κ1) is 41.4. The van der Waals surface area contributed by atoms with Gasteiger partial charge in [-0.3, -0.25) is 15.1 Å². The maximum atomic E-state index is 13.7. The highest BCUT2D eigenvalue weighted by Crippen LogP contribution is 2.44. The van der Waals surface area contributed by atoms with Gasteiger partial charge in [-0.1, -0.05) is 73.6 Å². The van der Waals surface area contributed by atoms with Gasteiger partial charge in [0.25, 0.3) is 5.56 Å². The maximum absolute atomic E-state index is 13.7. The molecule has 53 heavy (non-hydrogen) atoms. The van der Waals surface area contributed by atoms with Crippen molar-refractivity contribution < 1.29 is 19.4 Å². The highest BCUT2D eigenvalue weighted by Gasteiger charge is 2.36. The van der Waals surface area contributed by atoms with Crippen molar-refractivity contribution in [3.63, 3.8) is 0 Å². The Bertz CT molecular complexity index is 1840. The van der Waals surface area contributed by atoms with Crippen LogP contribution in [0.5, 0.6) is 11.5 Å². The third kappa shape index (κ3) is 9.81. The Hall–Kier alpha value is -4.34. The van der Waals surface area contributed by atoms with E-state index in [9.17, 15) is 19.5 Å². The number of H-pyrrole nitrogens is 1. The summed E-state index contributed by atoms with van der Waals surface area (Å²) < 4.78 is 6.20. The monoisotopic (exact) mass is 729 g/mol. The van der Waals surface area contributed by atoms with E-state index in [1.165, 1.54) is 6.07 Å². The summed E-state index contributed by atoms with van der Waals surface area (Å²) in [5, 5.41) is 20.3. The topological polar surface area (TPSA) is 145 Å². The van der Waals surface area contributed by atoms with Crippen LogP contribution in [0.4, 0.5) is 15.5 Å². The summed E-state index contributed by atoms with van der Waals surface area (Å²) in [6.07, 6.45) is 6.03. The van der Waals surface area contributed by atoms with E-state index < -0.39 is 12.1 Å². The van der Waals surface area contributed by atoms with Gasteiger partial charge in [-0.15, -0.1) is 0 Å². The lowest BCUT2D eigenvalue weighted by Gasteiger charge is -2.40. The fourth-order valence-corrected chi connectivity index (χ4v) is 8.32. The molecule has 2 unspecified atom stereocenters. The van der Waals surface area contributed by atoms with Gasteiger partial charge in [-0.2, -0.15) is 0 Å². The van der Waals surface area contributed by atoms with E-state index in [1.54, 1.807) is 6.92 Å². The molecular formula is C43H63N5O5. The Labute approximate surface area is 316 Å². The van der Waals surface area contributed by atoms with Crippen molar-refractivity contribution in [1.82, 2.24) is 20.6 Å². The van der Waals surface area contributed by atoms with Crippen LogP contribution in [-0.4, -0.2) is 39.8 Å². The molecule has 290 valence electrons. The molecule has 3 amide bonds. The number of aryl methyl sites for hydroxylation is 2. The Kier molecular flexibility index (Phi) is 13.1. The number of hydrogen-bond donors (Lipinski definition) is 5. The van der Waals surface area contributed by atoms with E-state index in [0.29, 0.717) is 36.6 Å². The molecule has 2 atom stereocenters. The number of urea groups is 1. The second-order valence-electron chi connectivity index (χ2n) is 16.7. The number of nitrogens with one attached hydrogen (secondary N) is 4. The van der Waals surface area contributed by atoms with Gasteiger partial charge in [0.1, 0.15) is 11.5 Å². The van der Waals surface area contributed by atoms with E-state index in [-0.39, 0.29) is 39.7 Å². The van der Waals surface area contributed by atoms with Gasteiger partial charge in [-0.25, -0.2) is 14.6 Å². The molecule has 5 N–H and O–H groups in total. The molecule has 0 radical (unpaired) electrons. The number of benzene rings is 2. The number of ether oxygens (including phenoxy) is 1. The molecule has 1 saturated carbocycles. The number of aromatic amines is 1. The quantitative estimate of drug-likeness (QED) is 0.119. The summed E-state index contributed by atoms with van der Waals surface area (Å²) in [7, 11) is 0. The lowest BCUT2D eigenvalue weighted by molar-refractivity contribution is 0.134. The molecule has 0 aliphatic heterocycles. The number of carbonyl (C=O) groups excluding carboxylic acids is 2. The predicted octanol–water partition coefficient (Wildman–Crippen LogP) is 9.25. The molecule has 2 aromatic carbocycles. The van der Waals surface area contributed by atoms with Gasteiger partial charge in [0.05, 0.1) is 0 Å². The van der Waals surface area contributed by atoms with Gasteiger partial charge >= 0.3 is 12.1 Å². The number of nitrogens with zero attached hydrogens (tertiary/aromatic N) is 1. The smallest absolute Gasteiger partial charge is 0.412 e. The molecule has 3 aromatic rings. The second kappa shape index (κ2) is 16.8. The van der Waals surface area contributed by atoms with Gasteiger partial charge in [0, 0.05) is 47.5 Å². The van der Waals surface area contributed by atoms with E-state index >= 15 is 0 Å². The number of phenolic OH excluding ortho intramolecular Hbond substituents is 1. The van der Waals surface area contributed by atoms with Crippen LogP contribution in [0.1, 0.15) is 139 Å². The molecular weight excluding hydrogens is 667 g/mol. The zero-order valence-corrected chi connectivity index (χ0v) is 33.9. The fraction of sp³-hybridized carbons (Fsp3) is 0.581. The molecule has 10 nitrogen and oxygen atoms in total. The van der Waals surface area contributed by atoms with Crippen molar-refractivity contribution in [2.75, 3.05) is 11.9 Å². The fourth-order valence-electron chi connectivity index (χ4n) is 8.32. The van der Waals surface area contributed by atoms with Gasteiger partial charge in [0.2, 0.25) is 5.95 Å². The Balaban J connectivity index is 1.53.